The van der Waals surface area contributed by atoms with E-state index in [1.807, 2.05) is 13.0 Å². The highest BCUT2D eigenvalue weighted by molar-refractivity contribution is 7.87. The average molecular weight is 311 g/mol. The molecule has 2 aliphatic rings. The third-order valence-electron chi connectivity index (χ3n) is 3.96. The summed E-state index contributed by atoms with van der Waals surface area (Å²) in [5.74, 6) is 2.38. The zero-order valence-corrected chi connectivity index (χ0v) is 13.2. The summed E-state index contributed by atoms with van der Waals surface area (Å²) in [6.07, 6.45) is 2.36. The zero-order chi connectivity index (χ0) is 15.0. The minimum atomic E-state index is -3.32. The van der Waals surface area contributed by atoms with Crippen LogP contribution in [0.4, 0.5) is 5.82 Å². The lowest BCUT2D eigenvalue weighted by molar-refractivity contribution is 0.379. The summed E-state index contributed by atoms with van der Waals surface area (Å²) in [6, 6.07) is 1.98. The van der Waals surface area contributed by atoms with Crippen LogP contribution < -0.4 is 9.62 Å². The molecule has 0 bridgehead atoms. The number of nitrogens with zero attached hydrogens (tertiary/aromatic N) is 4. The number of aromatic nitrogens is 2. The van der Waals surface area contributed by atoms with Crippen molar-refractivity contribution < 1.29 is 8.42 Å². The third kappa shape index (κ3) is 3.17. The van der Waals surface area contributed by atoms with Gasteiger partial charge in [-0.25, -0.2) is 14.7 Å². The maximum atomic E-state index is 11.8. The first-order valence-corrected chi connectivity index (χ1v) is 8.73. The first-order chi connectivity index (χ1) is 9.99. The van der Waals surface area contributed by atoms with E-state index in [0.717, 1.165) is 17.3 Å². The Hall–Kier alpha value is -1.25. The smallest absolute Gasteiger partial charge is 0.279 e. The Morgan fingerprint density at radius 1 is 1.19 bits per heavy atom. The molecule has 0 unspecified atom stereocenters. The number of aryl methyl sites for hydroxylation is 1. The van der Waals surface area contributed by atoms with Crippen LogP contribution in [0, 0.1) is 6.92 Å². The predicted octanol–water partition coefficient (Wildman–Crippen LogP) is 0.249. The van der Waals surface area contributed by atoms with Gasteiger partial charge in [-0.1, -0.05) is 0 Å². The van der Waals surface area contributed by atoms with Crippen molar-refractivity contribution in [3.05, 3.63) is 17.6 Å². The molecular weight excluding hydrogens is 290 g/mol. The van der Waals surface area contributed by atoms with Crippen LogP contribution in [0.5, 0.6) is 0 Å². The molecule has 116 valence electrons. The molecular formula is C13H21N5O2S. The molecule has 8 heteroatoms. The number of anilines is 1. The SMILES string of the molecule is CNS(=O)(=O)N1CCN(c2cc(C)nc(C3CC3)n2)CC1. The van der Waals surface area contributed by atoms with Crippen molar-refractivity contribution in [2.45, 2.75) is 25.7 Å². The summed E-state index contributed by atoms with van der Waals surface area (Å²) < 4.78 is 27.4. The Labute approximate surface area is 125 Å². The molecule has 1 saturated carbocycles. The maximum absolute atomic E-state index is 11.8. The lowest BCUT2D eigenvalue weighted by atomic mass is 10.3. The average Bonchev–Trinajstić information content (AvgIpc) is 3.31. The molecule has 2 fully saturated rings. The van der Waals surface area contributed by atoms with E-state index in [0.29, 0.717) is 32.1 Å². The van der Waals surface area contributed by atoms with E-state index >= 15 is 0 Å². The van der Waals surface area contributed by atoms with E-state index < -0.39 is 10.2 Å². The van der Waals surface area contributed by atoms with Gasteiger partial charge in [0.2, 0.25) is 0 Å². The van der Waals surface area contributed by atoms with Gasteiger partial charge in [-0.05, 0) is 19.8 Å². The molecule has 1 saturated heterocycles. The Kier molecular flexibility index (Phi) is 3.85. The van der Waals surface area contributed by atoms with Crippen molar-refractivity contribution in [1.29, 1.82) is 0 Å². The van der Waals surface area contributed by atoms with Crippen molar-refractivity contribution in [3.8, 4) is 0 Å². The topological polar surface area (TPSA) is 78.4 Å². The fraction of sp³-hybridized carbons (Fsp3) is 0.692. The molecule has 2 heterocycles. The number of hydrogen-bond acceptors (Lipinski definition) is 5. The van der Waals surface area contributed by atoms with Gasteiger partial charge in [0, 0.05) is 50.9 Å². The van der Waals surface area contributed by atoms with Gasteiger partial charge >= 0.3 is 0 Å². The number of piperazine rings is 1. The summed E-state index contributed by atoms with van der Waals surface area (Å²) in [7, 11) is -1.88. The highest BCUT2D eigenvalue weighted by atomic mass is 32.2. The molecule has 1 aromatic rings. The van der Waals surface area contributed by atoms with Crippen LogP contribution in [0.2, 0.25) is 0 Å². The molecule has 0 spiro atoms. The maximum Gasteiger partial charge on any atom is 0.279 e. The van der Waals surface area contributed by atoms with E-state index in [1.165, 1.54) is 24.2 Å². The molecule has 21 heavy (non-hydrogen) atoms. The van der Waals surface area contributed by atoms with E-state index in [-0.39, 0.29) is 0 Å². The van der Waals surface area contributed by atoms with Crippen LogP contribution >= 0.6 is 0 Å². The third-order valence-corrected chi connectivity index (χ3v) is 5.52. The molecule has 0 radical (unpaired) electrons. The van der Waals surface area contributed by atoms with Crippen molar-refractivity contribution >= 4 is 16.0 Å². The van der Waals surface area contributed by atoms with Gasteiger partial charge < -0.3 is 4.90 Å². The second kappa shape index (κ2) is 5.51. The molecule has 1 aliphatic heterocycles. The van der Waals surface area contributed by atoms with Crippen molar-refractivity contribution in [3.63, 3.8) is 0 Å². The summed E-state index contributed by atoms with van der Waals surface area (Å²) >= 11 is 0. The quantitative estimate of drug-likeness (QED) is 0.862. The van der Waals surface area contributed by atoms with Crippen LogP contribution in [-0.2, 0) is 10.2 Å². The Bertz CT molecular complexity index is 621. The van der Waals surface area contributed by atoms with Crippen LogP contribution in [0.15, 0.2) is 6.07 Å². The first kappa shape index (κ1) is 14.7. The molecule has 0 amide bonds. The van der Waals surface area contributed by atoms with E-state index in [1.54, 1.807) is 0 Å². The van der Waals surface area contributed by atoms with Crippen molar-refractivity contribution in [2.24, 2.45) is 0 Å². The highest BCUT2D eigenvalue weighted by Gasteiger charge is 2.29. The largest absolute Gasteiger partial charge is 0.354 e. The van der Waals surface area contributed by atoms with Crippen molar-refractivity contribution in [1.82, 2.24) is 19.0 Å². The predicted molar refractivity (Wildman–Crippen MR) is 80.5 cm³/mol. The minimum Gasteiger partial charge on any atom is -0.354 e. The standard InChI is InChI=1S/C13H21N5O2S/c1-10-9-12(16-13(15-10)11-3-4-11)17-5-7-18(8-6-17)21(19,20)14-2/h9,11,14H,3-8H2,1-2H3. The molecule has 3 rings (SSSR count). The van der Waals surface area contributed by atoms with Gasteiger partial charge in [0.05, 0.1) is 0 Å². The molecule has 1 aliphatic carbocycles. The van der Waals surface area contributed by atoms with Crippen molar-refractivity contribution in [2.75, 3.05) is 38.1 Å². The lowest BCUT2D eigenvalue weighted by Gasteiger charge is -2.34. The van der Waals surface area contributed by atoms with Crippen LogP contribution in [0.25, 0.3) is 0 Å². The molecule has 0 atom stereocenters. The Balaban J connectivity index is 1.72. The fourth-order valence-electron chi connectivity index (χ4n) is 2.55. The van der Waals surface area contributed by atoms with Gasteiger partial charge in [0.15, 0.2) is 0 Å². The molecule has 7 nitrogen and oxygen atoms in total. The zero-order valence-electron chi connectivity index (χ0n) is 12.4. The minimum absolute atomic E-state index is 0.477. The monoisotopic (exact) mass is 311 g/mol. The number of rotatable bonds is 4. The molecule has 0 aromatic carbocycles. The summed E-state index contributed by atoms with van der Waals surface area (Å²) in [5, 5.41) is 0. The summed E-state index contributed by atoms with van der Waals surface area (Å²) in [5.41, 5.74) is 0.979. The highest BCUT2D eigenvalue weighted by Crippen LogP contribution is 2.38. The van der Waals surface area contributed by atoms with E-state index in [4.69, 9.17) is 0 Å². The van der Waals surface area contributed by atoms with Gasteiger partial charge in [0.1, 0.15) is 11.6 Å². The Morgan fingerprint density at radius 2 is 1.86 bits per heavy atom. The van der Waals surface area contributed by atoms with Crippen LogP contribution in [0.3, 0.4) is 0 Å². The fourth-order valence-corrected chi connectivity index (χ4v) is 3.45. The molecule has 1 aromatic heterocycles. The Morgan fingerprint density at radius 3 is 2.43 bits per heavy atom. The number of nitrogens with one attached hydrogen (secondary N) is 1. The molecule has 1 N–H and O–H groups in total. The lowest BCUT2D eigenvalue weighted by Crippen LogP contribution is -2.51. The van der Waals surface area contributed by atoms with Gasteiger partial charge in [-0.2, -0.15) is 12.7 Å². The normalized spacial score (nSPS) is 20.8. The summed E-state index contributed by atoms with van der Waals surface area (Å²) in [6.45, 7) is 4.25. The van der Waals surface area contributed by atoms with Gasteiger partial charge in [0.25, 0.3) is 10.2 Å². The van der Waals surface area contributed by atoms with E-state index in [9.17, 15) is 8.42 Å². The van der Waals surface area contributed by atoms with Crippen LogP contribution in [0.1, 0.15) is 30.3 Å². The van der Waals surface area contributed by atoms with E-state index in [2.05, 4.69) is 19.6 Å². The van der Waals surface area contributed by atoms with Gasteiger partial charge in [-0.15, -0.1) is 0 Å². The second-order valence-corrected chi connectivity index (χ2v) is 7.47. The van der Waals surface area contributed by atoms with Crippen LogP contribution in [-0.4, -0.2) is 55.9 Å². The second-order valence-electron chi connectivity index (χ2n) is 5.60. The first-order valence-electron chi connectivity index (χ1n) is 7.29. The summed E-state index contributed by atoms with van der Waals surface area (Å²) in [4.78, 5) is 11.3. The van der Waals surface area contributed by atoms with Gasteiger partial charge in [-0.3, -0.25) is 0 Å². The number of hydrogen-bond donors (Lipinski definition) is 1.